The molecule has 2 aromatic carbocycles. The second-order valence-corrected chi connectivity index (χ2v) is 10.2. The van der Waals surface area contributed by atoms with Crippen LogP contribution in [0.25, 0.3) is 0 Å². The summed E-state index contributed by atoms with van der Waals surface area (Å²) in [5.74, 6) is 1.49. The number of hydrogen-bond acceptors (Lipinski definition) is 4. The van der Waals surface area contributed by atoms with Crippen LogP contribution >= 0.6 is 0 Å². The molecule has 0 aliphatic carbocycles. The van der Waals surface area contributed by atoms with Crippen LogP contribution in [0.1, 0.15) is 49.3 Å². The van der Waals surface area contributed by atoms with E-state index in [1.807, 2.05) is 66.7 Å². The maximum atomic E-state index is 12.0. The Labute approximate surface area is 218 Å². The van der Waals surface area contributed by atoms with Crippen molar-refractivity contribution >= 4 is 0 Å². The fraction of sp³-hybridized carbons (Fsp3) is 0.414. The lowest BCUT2D eigenvalue weighted by atomic mass is 9.82. The highest BCUT2D eigenvalue weighted by atomic mass is 79.9. The van der Waals surface area contributed by atoms with Crippen LogP contribution in [0.4, 0.5) is 0 Å². The summed E-state index contributed by atoms with van der Waals surface area (Å²) in [6.45, 7) is 9.00. The zero-order valence-corrected chi connectivity index (χ0v) is 22.2. The van der Waals surface area contributed by atoms with Crippen molar-refractivity contribution in [3.05, 3.63) is 101 Å². The normalized spacial score (nSPS) is 23.5. The SMILES string of the molecule is CC(C)=CCO[C@H]1C[N+]2(Cc3cc(C(O)(c4ccccc4)c4ccccc4)no3)CCC1CC2.[Br-]. The molecule has 0 saturated carbocycles. The van der Waals surface area contributed by atoms with Gasteiger partial charge in [0.1, 0.15) is 24.9 Å². The number of aliphatic hydroxyl groups is 1. The molecule has 5 nitrogen and oxygen atoms in total. The van der Waals surface area contributed by atoms with E-state index in [0.717, 1.165) is 47.5 Å². The number of piperidine rings is 3. The highest BCUT2D eigenvalue weighted by molar-refractivity contribution is 5.44. The van der Waals surface area contributed by atoms with Gasteiger partial charge in [-0.3, -0.25) is 0 Å². The van der Waals surface area contributed by atoms with Crippen LogP contribution in [0.2, 0.25) is 0 Å². The minimum Gasteiger partial charge on any atom is -1.00 e. The Bertz CT molecular complexity index is 1080. The average Bonchev–Trinajstić information content (AvgIpc) is 3.33. The van der Waals surface area contributed by atoms with Gasteiger partial charge in [-0.25, -0.2) is 0 Å². The summed E-state index contributed by atoms with van der Waals surface area (Å²) in [5.41, 5.74) is 2.01. The lowest BCUT2D eigenvalue weighted by Gasteiger charge is -2.51. The van der Waals surface area contributed by atoms with Crippen molar-refractivity contribution in [2.24, 2.45) is 5.92 Å². The molecule has 4 heterocycles. The minimum absolute atomic E-state index is 0. The average molecular weight is 540 g/mol. The first-order valence-electron chi connectivity index (χ1n) is 12.4. The second kappa shape index (κ2) is 10.8. The summed E-state index contributed by atoms with van der Waals surface area (Å²) in [7, 11) is 0. The topological polar surface area (TPSA) is 55.5 Å². The summed E-state index contributed by atoms with van der Waals surface area (Å²) in [6.07, 6.45) is 4.85. The number of ether oxygens (including phenoxy) is 1. The van der Waals surface area contributed by atoms with Gasteiger partial charge in [0.15, 0.2) is 11.4 Å². The van der Waals surface area contributed by atoms with Gasteiger partial charge in [0.05, 0.1) is 19.7 Å². The molecule has 186 valence electrons. The smallest absolute Gasteiger partial charge is 0.191 e. The highest BCUT2D eigenvalue weighted by Crippen LogP contribution is 2.39. The van der Waals surface area contributed by atoms with Crippen LogP contribution in [0.15, 0.2) is 82.9 Å². The van der Waals surface area contributed by atoms with Crippen molar-refractivity contribution in [1.82, 2.24) is 5.16 Å². The lowest BCUT2D eigenvalue weighted by molar-refractivity contribution is -0.959. The maximum absolute atomic E-state index is 12.0. The van der Waals surface area contributed by atoms with Crippen molar-refractivity contribution in [3.8, 4) is 0 Å². The fourth-order valence-corrected chi connectivity index (χ4v) is 5.68. The van der Waals surface area contributed by atoms with Crippen molar-refractivity contribution in [2.45, 2.75) is 44.9 Å². The molecule has 2 bridgehead atoms. The highest BCUT2D eigenvalue weighted by Gasteiger charge is 2.47. The van der Waals surface area contributed by atoms with Crippen LogP contribution in [-0.4, -0.2) is 47.1 Å². The molecule has 0 spiro atoms. The first kappa shape index (κ1) is 25.8. The molecule has 3 aromatic rings. The van der Waals surface area contributed by atoms with E-state index < -0.39 is 5.60 Å². The van der Waals surface area contributed by atoms with Crippen LogP contribution in [0.3, 0.4) is 0 Å². The third-order valence-corrected chi connectivity index (χ3v) is 7.65. The number of quaternary nitrogens is 1. The molecule has 3 saturated heterocycles. The van der Waals surface area contributed by atoms with Crippen LogP contribution in [-0.2, 0) is 16.9 Å². The molecule has 3 fully saturated rings. The Morgan fingerprint density at radius 3 is 2.23 bits per heavy atom. The molecular weight excluding hydrogens is 504 g/mol. The molecule has 0 radical (unpaired) electrons. The summed E-state index contributed by atoms with van der Waals surface area (Å²) < 4.78 is 13.1. The van der Waals surface area contributed by atoms with E-state index in [2.05, 4.69) is 25.1 Å². The molecule has 6 rings (SSSR count). The van der Waals surface area contributed by atoms with E-state index in [0.29, 0.717) is 24.3 Å². The van der Waals surface area contributed by atoms with E-state index >= 15 is 0 Å². The number of aromatic nitrogens is 1. The molecule has 3 aliphatic rings. The number of benzene rings is 2. The number of hydrogen-bond donors (Lipinski definition) is 1. The number of fused-ring (bicyclic) bond motifs is 3. The quantitative estimate of drug-likeness (QED) is 0.352. The molecule has 0 unspecified atom stereocenters. The standard InChI is InChI=1S/C29H35N2O3.BrH/c1-22(2)15-18-33-27-21-31(16-13-23(27)14-17-31)20-26-19-28(30-34-26)29(32,24-9-5-3-6-10-24)25-11-7-4-8-12-25;/h3-12,15,19,23,27,32H,13-14,16-18,20-21H2,1-2H3;1H/q+1;/p-1/t23?,27-,31?;/m0./s1. The third-order valence-electron chi connectivity index (χ3n) is 7.65. The van der Waals surface area contributed by atoms with E-state index in [4.69, 9.17) is 9.26 Å². The Morgan fingerprint density at radius 1 is 1.06 bits per heavy atom. The summed E-state index contributed by atoms with van der Waals surface area (Å²) in [5, 5.41) is 16.4. The molecule has 1 aromatic heterocycles. The first-order chi connectivity index (χ1) is 16.5. The zero-order valence-electron chi connectivity index (χ0n) is 20.6. The van der Waals surface area contributed by atoms with E-state index in [9.17, 15) is 5.11 Å². The van der Waals surface area contributed by atoms with Gasteiger partial charge in [0, 0.05) is 24.8 Å². The van der Waals surface area contributed by atoms with Gasteiger partial charge in [-0.15, -0.1) is 0 Å². The Hall–Kier alpha value is -2.25. The summed E-state index contributed by atoms with van der Waals surface area (Å²) in [4.78, 5) is 0. The van der Waals surface area contributed by atoms with Gasteiger partial charge < -0.3 is 35.8 Å². The largest absolute Gasteiger partial charge is 1.00 e. The van der Waals surface area contributed by atoms with Crippen molar-refractivity contribution < 1.29 is 35.8 Å². The number of halogens is 1. The Kier molecular flexibility index (Phi) is 7.96. The zero-order chi connectivity index (χ0) is 23.6. The monoisotopic (exact) mass is 538 g/mol. The van der Waals surface area contributed by atoms with Gasteiger partial charge in [0.25, 0.3) is 0 Å². The van der Waals surface area contributed by atoms with Crippen LogP contribution < -0.4 is 17.0 Å². The number of rotatable bonds is 8. The van der Waals surface area contributed by atoms with E-state index in [1.165, 1.54) is 18.4 Å². The number of allylic oxidation sites excluding steroid dienone is 1. The molecular formula is C29H35BrN2O3. The van der Waals surface area contributed by atoms with Gasteiger partial charge >= 0.3 is 0 Å². The van der Waals surface area contributed by atoms with E-state index in [-0.39, 0.29) is 17.0 Å². The van der Waals surface area contributed by atoms with Crippen LogP contribution in [0, 0.1) is 5.92 Å². The molecule has 3 aliphatic heterocycles. The predicted octanol–water partition coefficient (Wildman–Crippen LogP) is 2.05. The van der Waals surface area contributed by atoms with Crippen molar-refractivity contribution in [2.75, 3.05) is 26.2 Å². The van der Waals surface area contributed by atoms with Gasteiger partial charge in [-0.1, -0.05) is 77.5 Å². The van der Waals surface area contributed by atoms with Crippen molar-refractivity contribution in [1.29, 1.82) is 0 Å². The van der Waals surface area contributed by atoms with E-state index in [1.54, 1.807) is 0 Å². The predicted molar refractivity (Wildman–Crippen MR) is 132 cm³/mol. The third kappa shape index (κ3) is 5.31. The number of nitrogens with zero attached hydrogens (tertiary/aromatic N) is 2. The summed E-state index contributed by atoms with van der Waals surface area (Å²) in [6, 6.07) is 21.4. The molecule has 1 N–H and O–H groups in total. The maximum Gasteiger partial charge on any atom is 0.191 e. The summed E-state index contributed by atoms with van der Waals surface area (Å²) >= 11 is 0. The minimum atomic E-state index is -1.37. The first-order valence-corrected chi connectivity index (χ1v) is 12.4. The molecule has 0 amide bonds. The molecule has 1 atom stereocenters. The van der Waals surface area contributed by atoms with Gasteiger partial charge in [0.2, 0.25) is 0 Å². The lowest BCUT2D eigenvalue weighted by Crippen LogP contribution is -3.00. The molecule has 6 heteroatoms. The fourth-order valence-electron chi connectivity index (χ4n) is 5.68. The van der Waals surface area contributed by atoms with Gasteiger partial charge in [-0.05, 0) is 25.0 Å². The van der Waals surface area contributed by atoms with Gasteiger partial charge in [-0.2, -0.15) is 0 Å². The second-order valence-electron chi connectivity index (χ2n) is 10.2. The Morgan fingerprint density at radius 2 is 1.66 bits per heavy atom. The Balaban J connectivity index is 0.00000289. The van der Waals surface area contributed by atoms with Crippen LogP contribution in [0.5, 0.6) is 0 Å². The molecule has 35 heavy (non-hydrogen) atoms. The van der Waals surface area contributed by atoms with Crippen molar-refractivity contribution in [3.63, 3.8) is 0 Å².